The monoisotopic (exact) mass is 445 g/mol. The number of hydrogen-bond acceptors (Lipinski definition) is 4. The van der Waals surface area contributed by atoms with Crippen molar-refractivity contribution in [2.75, 3.05) is 50.1 Å². The Kier molecular flexibility index (Phi) is 9.20. The van der Waals surface area contributed by atoms with Crippen LogP contribution in [0.3, 0.4) is 0 Å². The maximum Gasteiger partial charge on any atom is 0.224 e. The third-order valence-electron chi connectivity index (χ3n) is 5.71. The van der Waals surface area contributed by atoms with Crippen LogP contribution in [-0.4, -0.2) is 50.6 Å². The summed E-state index contributed by atoms with van der Waals surface area (Å²) in [7, 11) is 1.72. The lowest BCUT2D eigenvalue weighted by atomic mass is 9.87. The van der Waals surface area contributed by atoms with E-state index < -0.39 is 0 Å². The normalized spacial score (nSPS) is 14.6. The summed E-state index contributed by atoms with van der Waals surface area (Å²) >= 11 is 0. The van der Waals surface area contributed by atoms with Gasteiger partial charge >= 0.3 is 0 Å². The number of nitrogens with zero attached hydrogens (tertiary/aromatic N) is 2. The van der Waals surface area contributed by atoms with E-state index in [9.17, 15) is 4.79 Å². The summed E-state index contributed by atoms with van der Waals surface area (Å²) in [5, 5.41) is 3.02. The zero-order valence-corrected chi connectivity index (χ0v) is 20.0. The number of hydrogen-bond donors (Lipinski definition) is 1. The van der Waals surface area contributed by atoms with Gasteiger partial charge in [-0.25, -0.2) is 0 Å². The second-order valence-corrected chi connectivity index (χ2v) is 8.98. The van der Waals surface area contributed by atoms with Crippen LogP contribution in [0.5, 0.6) is 5.75 Å². The lowest BCUT2D eigenvalue weighted by Crippen LogP contribution is -2.46. The molecule has 1 fully saturated rings. The molecule has 0 aliphatic carbocycles. The third kappa shape index (κ3) is 7.15. The number of anilines is 2. The molecule has 5 nitrogen and oxygen atoms in total. The first-order chi connectivity index (χ1) is 14.4. The molecule has 0 bridgehead atoms. The van der Waals surface area contributed by atoms with Gasteiger partial charge in [-0.1, -0.05) is 45.0 Å². The lowest BCUT2D eigenvalue weighted by Gasteiger charge is -2.36. The molecule has 1 N–H and O–H groups in total. The summed E-state index contributed by atoms with van der Waals surface area (Å²) in [4.78, 5) is 17.1. The van der Waals surface area contributed by atoms with Crippen molar-refractivity contribution in [3.63, 3.8) is 0 Å². The van der Waals surface area contributed by atoms with Crippen molar-refractivity contribution in [2.24, 2.45) is 0 Å². The highest BCUT2D eigenvalue weighted by Gasteiger charge is 2.19. The van der Waals surface area contributed by atoms with Crippen molar-refractivity contribution in [3.05, 3.63) is 54.1 Å². The van der Waals surface area contributed by atoms with Crippen molar-refractivity contribution >= 4 is 29.7 Å². The number of amides is 1. The van der Waals surface area contributed by atoms with Crippen LogP contribution in [0.2, 0.25) is 0 Å². The molecule has 1 aliphatic rings. The fraction of sp³-hybridized carbons (Fsp3) is 0.480. The molecule has 1 saturated heterocycles. The summed E-state index contributed by atoms with van der Waals surface area (Å²) in [5.74, 6) is 1.02. The standard InChI is InChI=1S/C25H35N3O2.ClH/c1-25(2,3)20-11-13-21(14-12-20)26-24(29)10-7-15-27-16-18-28(19-17-27)22-8-5-6-9-23(22)30-4;/h5-6,8-9,11-14H,7,10,15-19H2,1-4H3,(H,26,29);1H. The molecule has 1 aliphatic heterocycles. The van der Waals surface area contributed by atoms with Crippen molar-refractivity contribution in [2.45, 2.75) is 39.0 Å². The van der Waals surface area contributed by atoms with Crippen LogP contribution in [0.4, 0.5) is 11.4 Å². The van der Waals surface area contributed by atoms with Crippen LogP contribution >= 0.6 is 12.4 Å². The van der Waals surface area contributed by atoms with E-state index in [1.165, 1.54) is 5.56 Å². The average Bonchev–Trinajstić information content (AvgIpc) is 2.74. The smallest absolute Gasteiger partial charge is 0.224 e. The SMILES string of the molecule is COc1ccccc1N1CCN(CCCC(=O)Nc2ccc(C(C)(C)C)cc2)CC1.Cl. The number of carbonyl (C=O) groups is 1. The van der Waals surface area contributed by atoms with Crippen LogP contribution in [0, 0.1) is 0 Å². The van der Waals surface area contributed by atoms with Gasteiger partial charge < -0.3 is 15.0 Å². The highest BCUT2D eigenvalue weighted by atomic mass is 35.5. The largest absolute Gasteiger partial charge is 0.495 e. The summed E-state index contributed by atoms with van der Waals surface area (Å²) in [5.41, 5.74) is 3.43. The Morgan fingerprint density at radius 3 is 2.26 bits per heavy atom. The molecule has 0 saturated carbocycles. The zero-order chi connectivity index (χ0) is 21.6. The molecular formula is C25H36ClN3O2. The summed E-state index contributed by atoms with van der Waals surface area (Å²) < 4.78 is 5.49. The van der Waals surface area contributed by atoms with E-state index in [1.807, 2.05) is 24.3 Å². The predicted octanol–water partition coefficient (Wildman–Crippen LogP) is 4.96. The van der Waals surface area contributed by atoms with Crippen molar-refractivity contribution in [3.8, 4) is 5.75 Å². The van der Waals surface area contributed by atoms with Crippen LogP contribution in [0.1, 0.15) is 39.2 Å². The maximum absolute atomic E-state index is 12.3. The lowest BCUT2D eigenvalue weighted by molar-refractivity contribution is -0.116. The van der Waals surface area contributed by atoms with E-state index in [1.54, 1.807) is 7.11 Å². The number of piperazine rings is 1. The topological polar surface area (TPSA) is 44.8 Å². The van der Waals surface area contributed by atoms with Crippen LogP contribution in [0.25, 0.3) is 0 Å². The maximum atomic E-state index is 12.3. The van der Waals surface area contributed by atoms with Gasteiger partial charge in [0.15, 0.2) is 0 Å². The summed E-state index contributed by atoms with van der Waals surface area (Å²) in [6, 6.07) is 16.4. The van der Waals surface area contributed by atoms with E-state index in [0.717, 1.165) is 56.3 Å². The van der Waals surface area contributed by atoms with E-state index >= 15 is 0 Å². The number of halogens is 1. The molecule has 1 amide bonds. The average molecular weight is 446 g/mol. The van der Waals surface area contributed by atoms with Crippen molar-refractivity contribution in [1.82, 2.24) is 4.90 Å². The van der Waals surface area contributed by atoms with Crippen LogP contribution in [0.15, 0.2) is 48.5 Å². The first kappa shape index (κ1) is 25.0. The Balaban J connectivity index is 0.00000341. The molecule has 170 valence electrons. The van der Waals surface area contributed by atoms with E-state index in [0.29, 0.717) is 6.42 Å². The highest BCUT2D eigenvalue weighted by Crippen LogP contribution is 2.28. The second kappa shape index (κ2) is 11.4. The van der Waals surface area contributed by atoms with Gasteiger partial charge in [-0.3, -0.25) is 9.69 Å². The molecule has 0 radical (unpaired) electrons. The van der Waals surface area contributed by atoms with Crippen LogP contribution < -0.4 is 15.0 Å². The molecule has 0 unspecified atom stereocenters. The first-order valence-electron chi connectivity index (χ1n) is 10.9. The van der Waals surface area contributed by atoms with Gasteiger partial charge in [0.1, 0.15) is 5.75 Å². The van der Waals surface area contributed by atoms with Gasteiger partial charge in [0, 0.05) is 38.3 Å². The molecule has 0 atom stereocenters. The number of para-hydroxylation sites is 2. The predicted molar refractivity (Wildman–Crippen MR) is 132 cm³/mol. The second-order valence-electron chi connectivity index (χ2n) is 8.98. The van der Waals surface area contributed by atoms with Crippen molar-refractivity contribution in [1.29, 1.82) is 0 Å². The van der Waals surface area contributed by atoms with E-state index in [-0.39, 0.29) is 23.7 Å². The molecular weight excluding hydrogens is 410 g/mol. The number of nitrogens with one attached hydrogen (secondary N) is 1. The fourth-order valence-electron chi connectivity index (χ4n) is 3.84. The molecule has 2 aromatic carbocycles. The molecule has 2 aromatic rings. The van der Waals surface area contributed by atoms with Crippen LogP contribution in [-0.2, 0) is 10.2 Å². The minimum Gasteiger partial charge on any atom is -0.495 e. The highest BCUT2D eigenvalue weighted by molar-refractivity contribution is 5.90. The quantitative estimate of drug-likeness (QED) is 0.654. The first-order valence-corrected chi connectivity index (χ1v) is 10.9. The minimum atomic E-state index is 0. The Hall–Kier alpha value is -2.24. The minimum absolute atomic E-state index is 0. The third-order valence-corrected chi connectivity index (χ3v) is 5.71. The molecule has 31 heavy (non-hydrogen) atoms. The number of methoxy groups -OCH3 is 1. The Morgan fingerprint density at radius 1 is 1.00 bits per heavy atom. The van der Waals surface area contributed by atoms with Gasteiger partial charge in [0.2, 0.25) is 5.91 Å². The Morgan fingerprint density at radius 2 is 1.65 bits per heavy atom. The van der Waals surface area contributed by atoms with Gasteiger partial charge in [-0.2, -0.15) is 0 Å². The van der Waals surface area contributed by atoms with E-state index in [2.05, 4.69) is 60.2 Å². The Labute approximate surface area is 193 Å². The number of carbonyl (C=O) groups excluding carboxylic acids is 1. The molecule has 1 heterocycles. The molecule has 3 rings (SSSR count). The van der Waals surface area contributed by atoms with Gasteiger partial charge in [-0.05, 0) is 48.2 Å². The number of benzene rings is 2. The van der Waals surface area contributed by atoms with Gasteiger partial charge in [0.25, 0.3) is 0 Å². The fourth-order valence-corrected chi connectivity index (χ4v) is 3.84. The summed E-state index contributed by atoms with van der Waals surface area (Å²) in [6.07, 6.45) is 1.42. The van der Waals surface area contributed by atoms with Gasteiger partial charge in [0.05, 0.1) is 12.8 Å². The molecule has 6 heteroatoms. The molecule has 0 spiro atoms. The zero-order valence-electron chi connectivity index (χ0n) is 19.2. The Bertz CT molecular complexity index is 825. The molecule has 0 aromatic heterocycles. The number of rotatable bonds is 7. The number of ether oxygens (including phenoxy) is 1. The van der Waals surface area contributed by atoms with Crippen molar-refractivity contribution < 1.29 is 9.53 Å². The van der Waals surface area contributed by atoms with E-state index in [4.69, 9.17) is 4.74 Å². The summed E-state index contributed by atoms with van der Waals surface area (Å²) in [6.45, 7) is 11.5. The van der Waals surface area contributed by atoms with Gasteiger partial charge in [-0.15, -0.1) is 12.4 Å².